The van der Waals surface area contributed by atoms with Crippen LogP contribution < -0.4 is 10.9 Å². The number of benzene rings is 1. The first-order valence-corrected chi connectivity index (χ1v) is 8.10. The van der Waals surface area contributed by atoms with Crippen LogP contribution in [0.15, 0.2) is 58.4 Å². The third kappa shape index (κ3) is 2.25. The molecule has 0 bridgehead atoms. The summed E-state index contributed by atoms with van der Waals surface area (Å²) in [5.74, 6) is 1.52. The van der Waals surface area contributed by atoms with Crippen LogP contribution in [-0.2, 0) is 0 Å². The Balaban J connectivity index is 1.70. The number of rotatable bonds is 3. The van der Waals surface area contributed by atoms with Gasteiger partial charge in [0.25, 0.3) is 5.56 Å². The molecule has 1 aromatic carbocycles. The molecule has 0 saturated heterocycles. The van der Waals surface area contributed by atoms with Gasteiger partial charge < -0.3 is 5.32 Å². The van der Waals surface area contributed by atoms with Gasteiger partial charge in [-0.25, -0.2) is 4.98 Å². The second-order valence-corrected chi connectivity index (χ2v) is 6.24. The number of nitrogens with zero attached hydrogens (tertiary/aromatic N) is 3. The van der Waals surface area contributed by atoms with Gasteiger partial charge in [0.2, 0.25) is 5.95 Å². The zero-order chi connectivity index (χ0) is 14.9. The van der Waals surface area contributed by atoms with E-state index in [0.29, 0.717) is 17.0 Å². The highest BCUT2D eigenvalue weighted by Gasteiger charge is 2.25. The second kappa shape index (κ2) is 5.46. The average molecular weight is 310 g/mol. The molecule has 3 aromatic rings. The van der Waals surface area contributed by atoms with Gasteiger partial charge in [-0.2, -0.15) is 4.98 Å². The van der Waals surface area contributed by atoms with E-state index in [1.165, 1.54) is 4.90 Å². The van der Waals surface area contributed by atoms with Crippen LogP contribution in [0.1, 0.15) is 6.04 Å². The first kappa shape index (κ1) is 13.3. The van der Waals surface area contributed by atoms with Crippen LogP contribution in [0.2, 0.25) is 0 Å². The van der Waals surface area contributed by atoms with Gasteiger partial charge in [0, 0.05) is 23.4 Å². The van der Waals surface area contributed by atoms with Gasteiger partial charge in [0.05, 0.1) is 11.4 Å². The molecule has 1 aliphatic heterocycles. The van der Waals surface area contributed by atoms with Crippen LogP contribution >= 0.6 is 11.8 Å². The Labute approximate surface area is 131 Å². The van der Waals surface area contributed by atoms with Crippen molar-refractivity contribution in [2.75, 3.05) is 17.6 Å². The molecule has 22 heavy (non-hydrogen) atoms. The molecule has 1 atom stereocenters. The molecule has 1 unspecified atom stereocenters. The topological polar surface area (TPSA) is 59.8 Å². The number of anilines is 1. The molecule has 0 fully saturated rings. The Hall–Kier alpha value is -2.34. The van der Waals surface area contributed by atoms with E-state index in [1.54, 1.807) is 30.1 Å². The first-order valence-electron chi connectivity index (χ1n) is 7.12. The molecule has 110 valence electrons. The third-order valence-corrected chi connectivity index (χ3v) is 4.88. The highest BCUT2D eigenvalue weighted by atomic mass is 32.2. The minimum atomic E-state index is -0.224. The van der Waals surface area contributed by atoms with Crippen LogP contribution in [0, 0.1) is 0 Å². The van der Waals surface area contributed by atoms with Crippen molar-refractivity contribution in [1.29, 1.82) is 0 Å². The van der Waals surface area contributed by atoms with Gasteiger partial charge in [0.1, 0.15) is 5.65 Å². The Morgan fingerprint density at radius 3 is 2.95 bits per heavy atom. The Kier molecular flexibility index (Phi) is 3.31. The summed E-state index contributed by atoms with van der Waals surface area (Å²) in [4.78, 5) is 21.8. The molecule has 4 rings (SSSR count). The maximum Gasteiger partial charge on any atom is 0.283 e. The number of pyridine rings is 1. The van der Waals surface area contributed by atoms with E-state index in [4.69, 9.17) is 0 Å². The lowest BCUT2D eigenvalue weighted by Gasteiger charge is -2.14. The van der Waals surface area contributed by atoms with Crippen LogP contribution in [-0.4, -0.2) is 26.8 Å². The summed E-state index contributed by atoms with van der Waals surface area (Å²) < 4.78 is 2.05. The van der Waals surface area contributed by atoms with E-state index in [9.17, 15) is 4.79 Å². The molecular formula is C16H14N4OS. The summed E-state index contributed by atoms with van der Waals surface area (Å²) in [6, 6.07) is 14.1. The predicted molar refractivity (Wildman–Crippen MR) is 88.5 cm³/mol. The molecule has 2 aromatic heterocycles. The molecule has 3 heterocycles. The van der Waals surface area contributed by atoms with Crippen LogP contribution in [0.25, 0.3) is 11.0 Å². The number of thioether (sulfide) groups is 1. The molecule has 0 spiro atoms. The average Bonchev–Trinajstić information content (AvgIpc) is 2.97. The fourth-order valence-corrected chi connectivity index (χ4v) is 3.68. The zero-order valence-electron chi connectivity index (χ0n) is 11.8. The van der Waals surface area contributed by atoms with Crippen molar-refractivity contribution in [3.63, 3.8) is 0 Å². The number of hydrogen-bond acceptors (Lipinski definition) is 5. The van der Waals surface area contributed by atoms with Crippen molar-refractivity contribution in [2.45, 2.75) is 10.9 Å². The minimum Gasteiger partial charge on any atom is -0.353 e. The Bertz CT molecular complexity index is 878. The minimum absolute atomic E-state index is 0.224. The summed E-state index contributed by atoms with van der Waals surface area (Å²) in [5, 5.41) is 3.79. The fourth-order valence-electron chi connectivity index (χ4n) is 2.68. The molecule has 1 N–H and O–H groups in total. The summed E-state index contributed by atoms with van der Waals surface area (Å²) in [6.45, 7) is 0.766. The largest absolute Gasteiger partial charge is 0.353 e. The summed E-state index contributed by atoms with van der Waals surface area (Å²) in [5.41, 5.74) is 0.486. The van der Waals surface area contributed by atoms with Crippen molar-refractivity contribution < 1.29 is 0 Å². The zero-order valence-corrected chi connectivity index (χ0v) is 12.6. The first-order chi connectivity index (χ1) is 10.8. The summed E-state index contributed by atoms with van der Waals surface area (Å²) in [6.07, 6.45) is 1.72. The molecular weight excluding hydrogens is 296 g/mol. The highest BCUT2D eigenvalue weighted by molar-refractivity contribution is 7.99. The van der Waals surface area contributed by atoms with Crippen molar-refractivity contribution in [1.82, 2.24) is 14.5 Å². The van der Waals surface area contributed by atoms with E-state index in [-0.39, 0.29) is 11.6 Å². The molecule has 0 saturated carbocycles. The van der Waals surface area contributed by atoms with Gasteiger partial charge in [-0.05, 0) is 24.3 Å². The Morgan fingerprint density at radius 2 is 2.09 bits per heavy atom. The second-order valence-electron chi connectivity index (χ2n) is 5.14. The normalized spacial score (nSPS) is 16.5. The number of fused-ring (bicyclic) bond motifs is 3. The number of hydrogen-bond donors (Lipinski definition) is 1. The predicted octanol–water partition coefficient (Wildman–Crippen LogP) is 2.55. The van der Waals surface area contributed by atoms with E-state index >= 15 is 0 Å². The van der Waals surface area contributed by atoms with Gasteiger partial charge >= 0.3 is 0 Å². The molecule has 0 aliphatic carbocycles. The monoisotopic (exact) mass is 310 g/mol. The van der Waals surface area contributed by atoms with Crippen molar-refractivity contribution in [3.05, 3.63) is 59.0 Å². The van der Waals surface area contributed by atoms with Gasteiger partial charge in [-0.1, -0.05) is 18.2 Å². The van der Waals surface area contributed by atoms with Crippen LogP contribution in [0.4, 0.5) is 5.95 Å². The molecule has 0 radical (unpaired) electrons. The molecule has 5 nitrogen and oxygen atoms in total. The lowest BCUT2D eigenvalue weighted by Crippen LogP contribution is -2.16. The Morgan fingerprint density at radius 1 is 1.23 bits per heavy atom. The maximum atomic E-state index is 12.0. The summed E-state index contributed by atoms with van der Waals surface area (Å²) in [7, 11) is 0. The highest BCUT2D eigenvalue weighted by Crippen LogP contribution is 2.30. The van der Waals surface area contributed by atoms with Crippen LogP contribution in [0.5, 0.6) is 0 Å². The van der Waals surface area contributed by atoms with E-state index in [0.717, 1.165) is 12.3 Å². The SMILES string of the molecule is O=c1nc2n(c3ncccc13)C(CSc1ccccc1)CN2. The van der Waals surface area contributed by atoms with E-state index in [1.807, 2.05) is 22.8 Å². The van der Waals surface area contributed by atoms with Crippen molar-refractivity contribution in [2.24, 2.45) is 0 Å². The van der Waals surface area contributed by atoms with Gasteiger partial charge in [0.15, 0.2) is 0 Å². The van der Waals surface area contributed by atoms with Gasteiger partial charge in [-0.3, -0.25) is 9.36 Å². The maximum absolute atomic E-state index is 12.0. The fraction of sp³-hybridized carbons (Fsp3) is 0.188. The standard InChI is InChI=1S/C16H14N4OS/c21-15-13-7-4-8-17-14(13)20-11(9-18-16(20)19-15)10-22-12-5-2-1-3-6-12/h1-8,11H,9-10H2,(H,18,19,21). The van der Waals surface area contributed by atoms with Crippen molar-refractivity contribution >= 4 is 28.7 Å². The van der Waals surface area contributed by atoms with E-state index < -0.39 is 0 Å². The quantitative estimate of drug-likeness (QED) is 0.753. The number of aromatic nitrogens is 3. The third-order valence-electron chi connectivity index (χ3n) is 3.73. The molecule has 0 amide bonds. The summed E-state index contributed by atoms with van der Waals surface area (Å²) >= 11 is 1.80. The van der Waals surface area contributed by atoms with E-state index in [2.05, 4.69) is 27.4 Å². The van der Waals surface area contributed by atoms with Crippen LogP contribution in [0.3, 0.4) is 0 Å². The molecule has 6 heteroatoms. The smallest absolute Gasteiger partial charge is 0.283 e. The number of nitrogens with one attached hydrogen (secondary N) is 1. The van der Waals surface area contributed by atoms with Gasteiger partial charge in [-0.15, -0.1) is 11.8 Å². The lowest BCUT2D eigenvalue weighted by molar-refractivity contribution is 0.647. The lowest BCUT2D eigenvalue weighted by atomic mass is 10.3. The van der Waals surface area contributed by atoms with Crippen molar-refractivity contribution in [3.8, 4) is 0 Å². The molecule has 1 aliphatic rings.